The van der Waals surface area contributed by atoms with E-state index in [1.165, 1.54) is 6.07 Å². The van der Waals surface area contributed by atoms with Crippen molar-refractivity contribution in [2.75, 3.05) is 25.0 Å². The Morgan fingerprint density at radius 1 is 1.08 bits per heavy atom. The minimum atomic E-state index is -4.52. The summed E-state index contributed by atoms with van der Waals surface area (Å²) < 4.78 is 44.2. The van der Waals surface area contributed by atoms with E-state index in [2.05, 4.69) is 25.6 Å². The Labute approximate surface area is 224 Å². The van der Waals surface area contributed by atoms with Crippen molar-refractivity contribution < 1.29 is 18.0 Å². The van der Waals surface area contributed by atoms with Gasteiger partial charge in [0.1, 0.15) is 5.69 Å². The van der Waals surface area contributed by atoms with Crippen LogP contribution in [0.4, 0.5) is 18.9 Å². The number of benzene rings is 2. The van der Waals surface area contributed by atoms with Crippen LogP contribution in [0.2, 0.25) is 0 Å². The van der Waals surface area contributed by atoms with Gasteiger partial charge in [-0.15, -0.1) is 5.10 Å². The Bertz CT molecular complexity index is 1500. The highest BCUT2D eigenvalue weighted by Crippen LogP contribution is 2.32. The topological polar surface area (TPSA) is 80.9 Å². The van der Waals surface area contributed by atoms with E-state index in [1.54, 1.807) is 46.0 Å². The smallest absolute Gasteiger partial charge is 0.322 e. The SMILES string of the molecule is Cc1ccc(C(=O)Nc2cc(CCN3CCCC3)cc(C(F)(F)F)c2)cc1-n1cc(-c2cnn(C)c2C)nn1. The number of nitrogens with one attached hydrogen (secondary N) is 1. The molecule has 4 aromatic rings. The Morgan fingerprint density at radius 3 is 2.54 bits per heavy atom. The second kappa shape index (κ2) is 10.6. The van der Waals surface area contributed by atoms with Crippen LogP contribution >= 0.6 is 0 Å². The molecule has 2 aromatic heterocycles. The Kier molecular flexibility index (Phi) is 7.26. The highest BCUT2D eigenvalue weighted by atomic mass is 19.4. The van der Waals surface area contributed by atoms with Gasteiger partial charge in [0, 0.05) is 36.1 Å². The molecule has 1 aliphatic heterocycles. The number of likely N-dealkylation sites (tertiary alicyclic amines) is 1. The van der Waals surface area contributed by atoms with E-state index >= 15 is 0 Å². The third-order valence-electron chi connectivity index (χ3n) is 7.22. The summed E-state index contributed by atoms with van der Waals surface area (Å²) in [5.41, 5.74) is 4.09. The van der Waals surface area contributed by atoms with Gasteiger partial charge in [-0.3, -0.25) is 9.48 Å². The van der Waals surface area contributed by atoms with Crippen LogP contribution in [0.1, 0.15) is 45.6 Å². The number of nitrogens with zero attached hydrogens (tertiary/aromatic N) is 6. The van der Waals surface area contributed by atoms with Crippen LogP contribution in [0, 0.1) is 13.8 Å². The minimum absolute atomic E-state index is 0.114. The second-order valence-electron chi connectivity index (χ2n) is 9.99. The number of amides is 1. The molecule has 5 rings (SSSR count). The van der Waals surface area contributed by atoms with Gasteiger partial charge in [-0.2, -0.15) is 18.3 Å². The van der Waals surface area contributed by atoms with Crippen molar-refractivity contribution in [1.29, 1.82) is 0 Å². The van der Waals surface area contributed by atoms with E-state index in [-0.39, 0.29) is 5.69 Å². The predicted octanol–water partition coefficient (Wildman–Crippen LogP) is 5.19. The predicted molar refractivity (Wildman–Crippen MR) is 142 cm³/mol. The number of aromatic nitrogens is 5. The standard InChI is InChI=1S/C28H30F3N7O/c1-18-6-7-21(14-26(18)38-17-25(34-35-38)24-16-32-36(3)19(24)2)27(39)33-23-13-20(8-11-37-9-4-5-10-37)12-22(15-23)28(29,30)31/h6-7,12-17H,4-5,8-11H2,1-3H3,(H,33,39). The first-order valence-corrected chi connectivity index (χ1v) is 12.9. The molecule has 1 fully saturated rings. The molecule has 0 spiro atoms. The molecule has 204 valence electrons. The Hall–Kier alpha value is -3.99. The van der Waals surface area contributed by atoms with Crippen LogP contribution in [-0.2, 0) is 19.6 Å². The van der Waals surface area contributed by atoms with E-state index in [0.717, 1.165) is 48.8 Å². The molecule has 0 bridgehead atoms. The summed E-state index contributed by atoms with van der Waals surface area (Å²) in [5, 5.41) is 15.4. The fraction of sp³-hybridized carbons (Fsp3) is 0.357. The van der Waals surface area contributed by atoms with Crippen LogP contribution in [0.15, 0.2) is 48.8 Å². The zero-order valence-electron chi connectivity index (χ0n) is 22.1. The number of carbonyl (C=O) groups is 1. The summed E-state index contributed by atoms with van der Waals surface area (Å²) in [6, 6.07) is 8.83. The van der Waals surface area contributed by atoms with E-state index < -0.39 is 17.6 Å². The summed E-state index contributed by atoms with van der Waals surface area (Å²) in [7, 11) is 1.84. The molecule has 0 unspecified atom stereocenters. The van der Waals surface area contributed by atoms with Gasteiger partial charge in [0.05, 0.1) is 23.6 Å². The molecule has 1 saturated heterocycles. The fourth-order valence-corrected chi connectivity index (χ4v) is 4.82. The van der Waals surface area contributed by atoms with Gasteiger partial charge in [0.25, 0.3) is 5.91 Å². The van der Waals surface area contributed by atoms with Crippen LogP contribution in [0.3, 0.4) is 0 Å². The first-order valence-electron chi connectivity index (χ1n) is 12.9. The summed E-state index contributed by atoms with van der Waals surface area (Å²) in [4.78, 5) is 15.4. The molecule has 1 N–H and O–H groups in total. The van der Waals surface area contributed by atoms with Crippen LogP contribution in [-0.4, -0.2) is 55.2 Å². The van der Waals surface area contributed by atoms with Gasteiger partial charge in [-0.25, -0.2) is 4.68 Å². The number of halogens is 3. The number of rotatable bonds is 7. The van der Waals surface area contributed by atoms with Gasteiger partial charge in [-0.05, 0) is 87.7 Å². The van der Waals surface area contributed by atoms with Crippen molar-refractivity contribution in [3.63, 3.8) is 0 Å². The molecular formula is C28H30F3N7O. The van der Waals surface area contributed by atoms with Crippen LogP contribution < -0.4 is 5.32 Å². The summed E-state index contributed by atoms with van der Waals surface area (Å²) in [5.74, 6) is -0.510. The average Bonchev–Trinajstić information content (AvgIpc) is 3.65. The zero-order valence-corrected chi connectivity index (χ0v) is 22.1. The van der Waals surface area contributed by atoms with Gasteiger partial charge in [0.2, 0.25) is 0 Å². The first kappa shape index (κ1) is 26.6. The average molecular weight is 538 g/mol. The zero-order chi connectivity index (χ0) is 27.7. The fourth-order valence-electron chi connectivity index (χ4n) is 4.82. The van der Waals surface area contributed by atoms with Crippen molar-refractivity contribution in [3.8, 4) is 16.9 Å². The quantitative estimate of drug-likeness (QED) is 0.351. The largest absolute Gasteiger partial charge is 0.416 e. The Morgan fingerprint density at radius 2 is 1.85 bits per heavy atom. The molecule has 2 aromatic carbocycles. The molecule has 0 saturated carbocycles. The monoisotopic (exact) mass is 537 g/mol. The molecule has 0 radical (unpaired) electrons. The summed E-state index contributed by atoms with van der Waals surface area (Å²) >= 11 is 0. The van der Waals surface area contributed by atoms with Crippen molar-refractivity contribution >= 4 is 11.6 Å². The third-order valence-corrected chi connectivity index (χ3v) is 7.22. The van der Waals surface area contributed by atoms with Crippen LogP contribution in [0.25, 0.3) is 16.9 Å². The van der Waals surface area contributed by atoms with Gasteiger partial charge in [0.15, 0.2) is 0 Å². The number of hydrogen-bond acceptors (Lipinski definition) is 5. The van der Waals surface area contributed by atoms with Gasteiger partial charge >= 0.3 is 6.18 Å². The first-order chi connectivity index (χ1) is 18.6. The number of hydrogen-bond donors (Lipinski definition) is 1. The Balaban J connectivity index is 1.38. The van der Waals surface area contributed by atoms with Crippen molar-refractivity contribution in [3.05, 3.63) is 76.7 Å². The molecule has 1 amide bonds. The minimum Gasteiger partial charge on any atom is -0.322 e. The molecule has 0 atom stereocenters. The highest BCUT2D eigenvalue weighted by molar-refractivity contribution is 6.04. The summed E-state index contributed by atoms with van der Waals surface area (Å²) in [6.07, 6.45) is 1.66. The lowest BCUT2D eigenvalue weighted by molar-refractivity contribution is -0.137. The maximum Gasteiger partial charge on any atom is 0.416 e. The maximum atomic E-state index is 13.6. The number of anilines is 1. The lowest BCUT2D eigenvalue weighted by atomic mass is 10.0. The molecule has 11 heteroatoms. The summed E-state index contributed by atoms with van der Waals surface area (Å²) in [6.45, 7) is 6.44. The molecular weight excluding hydrogens is 507 g/mol. The molecule has 1 aliphatic rings. The maximum absolute atomic E-state index is 13.6. The molecule has 8 nitrogen and oxygen atoms in total. The molecule has 0 aliphatic carbocycles. The lowest BCUT2D eigenvalue weighted by Crippen LogP contribution is -2.22. The van der Waals surface area contributed by atoms with Gasteiger partial charge < -0.3 is 10.2 Å². The van der Waals surface area contributed by atoms with E-state index in [4.69, 9.17) is 0 Å². The highest BCUT2D eigenvalue weighted by Gasteiger charge is 2.31. The van der Waals surface area contributed by atoms with Crippen molar-refractivity contribution in [2.24, 2.45) is 7.05 Å². The second-order valence-corrected chi connectivity index (χ2v) is 9.99. The van der Waals surface area contributed by atoms with Gasteiger partial charge in [-0.1, -0.05) is 11.3 Å². The van der Waals surface area contributed by atoms with E-state index in [0.29, 0.717) is 35.5 Å². The molecule has 39 heavy (non-hydrogen) atoms. The van der Waals surface area contributed by atoms with E-state index in [9.17, 15) is 18.0 Å². The van der Waals surface area contributed by atoms with Crippen molar-refractivity contribution in [1.82, 2.24) is 29.7 Å². The normalized spacial score (nSPS) is 14.2. The molecule has 3 heterocycles. The number of aryl methyl sites for hydroxylation is 2. The number of alkyl halides is 3. The lowest BCUT2D eigenvalue weighted by Gasteiger charge is -2.17. The van der Waals surface area contributed by atoms with E-state index in [1.807, 2.05) is 20.9 Å². The number of carbonyl (C=O) groups excluding carboxylic acids is 1. The third kappa shape index (κ3) is 5.88. The van der Waals surface area contributed by atoms with Crippen molar-refractivity contribution in [2.45, 2.75) is 39.3 Å². The van der Waals surface area contributed by atoms with Crippen LogP contribution in [0.5, 0.6) is 0 Å².